The van der Waals surface area contributed by atoms with Crippen molar-refractivity contribution < 1.29 is 24.0 Å². The number of benzene rings is 1. The van der Waals surface area contributed by atoms with E-state index in [-0.39, 0.29) is 16.7 Å². The highest BCUT2D eigenvalue weighted by atomic mass is 32.2. The summed E-state index contributed by atoms with van der Waals surface area (Å²) in [7, 11) is 0. The molecule has 132 valence electrons. The minimum atomic E-state index is -0.659. The maximum Gasteiger partial charge on any atom is 0.326 e. The summed E-state index contributed by atoms with van der Waals surface area (Å²) in [6.45, 7) is 3.11. The molecule has 0 aromatic heterocycles. The summed E-state index contributed by atoms with van der Waals surface area (Å²) in [6, 6.07) is 5.69. The number of non-ortho nitro benzene ring substituents is 1. The normalized spacial score (nSPS) is 17.0. The molecule has 0 spiro atoms. The van der Waals surface area contributed by atoms with Crippen LogP contribution in [-0.2, 0) is 14.3 Å². The fourth-order valence-corrected chi connectivity index (χ4v) is 2.83. The molecule has 0 N–H and O–H groups in total. The van der Waals surface area contributed by atoms with Gasteiger partial charge in [-0.05, 0) is 36.7 Å². The molecule has 25 heavy (non-hydrogen) atoms. The summed E-state index contributed by atoms with van der Waals surface area (Å²) in [4.78, 5) is 47.2. The molecular formula is C16H16N2O6S. The van der Waals surface area contributed by atoms with E-state index in [4.69, 9.17) is 4.74 Å². The Hall–Kier alpha value is -2.68. The molecule has 1 saturated heterocycles. The third kappa shape index (κ3) is 4.66. The molecule has 1 aromatic carbocycles. The number of carbonyl (C=O) groups is 3. The van der Waals surface area contributed by atoms with Crippen LogP contribution in [0.1, 0.15) is 25.8 Å². The second-order valence-electron chi connectivity index (χ2n) is 5.33. The van der Waals surface area contributed by atoms with Gasteiger partial charge in [0.2, 0.25) is 0 Å². The lowest BCUT2D eigenvalue weighted by molar-refractivity contribution is -0.384. The number of ether oxygens (including phenoxy) is 1. The summed E-state index contributed by atoms with van der Waals surface area (Å²) in [6.07, 6.45) is 1.71. The van der Waals surface area contributed by atoms with Gasteiger partial charge >= 0.3 is 5.97 Å². The predicted molar refractivity (Wildman–Crippen MR) is 91.6 cm³/mol. The van der Waals surface area contributed by atoms with E-state index in [1.807, 2.05) is 6.92 Å². The first-order chi connectivity index (χ1) is 11.8. The van der Waals surface area contributed by atoms with Crippen molar-refractivity contribution in [2.24, 2.45) is 0 Å². The van der Waals surface area contributed by atoms with E-state index in [0.717, 1.165) is 4.90 Å². The fourth-order valence-electron chi connectivity index (χ4n) is 1.99. The minimum absolute atomic E-state index is 0.0989. The van der Waals surface area contributed by atoms with Crippen LogP contribution in [0.2, 0.25) is 0 Å². The molecule has 2 rings (SSSR count). The van der Waals surface area contributed by atoms with Gasteiger partial charge in [0.25, 0.3) is 16.8 Å². The van der Waals surface area contributed by atoms with Crippen LogP contribution in [-0.4, -0.2) is 39.6 Å². The number of nitrogens with zero attached hydrogens (tertiary/aromatic N) is 2. The first-order valence-corrected chi connectivity index (χ1v) is 8.32. The van der Waals surface area contributed by atoms with E-state index in [2.05, 4.69) is 0 Å². The maximum absolute atomic E-state index is 12.3. The third-order valence-corrected chi connectivity index (χ3v) is 4.35. The van der Waals surface area contributed by atoms with Crippen LogP contribution >= 0.6 is 11.8 Å². The number of thioether (sulfide) groups is 1. The topological polar surface area (TPSA) is 107 Å². The zero-order valence-electron chi connectivity index (χ0n) is 13.6. The molecule has 8 nitrogen and oxygen atoms in total. The molecule has 1 aliphatic heterocycles. The largest absolute Gasteiger partial charge is 0.461 e. The third-order valence-electron chi connectivity index (χ3n) is 3.45. The van der Waals surface area contributed by atoms with Gasteiger partial charge in [0.15, 0.2) is 0 Å². The maximum atomic E-state index is 12.3. The van der Waals surface area contributed by atoms with Gasteiger partial charge in [0.1, 0.15) is 6.54 Å². The Morgan fingerprint density at radius 1 is 1.44 bits per heavy atom. The van der Waals surface area contributed by atoms with E-state index in [1.54, 1.807) is 13.0 Å². The van der Waals surface area contributed by atoms with Crippen LogP contribution in [0.4, 0.5) is 10.5 Å². The number of carbonyl (C=O) groups excluding carboxylic acids is 3. The minimum Gasteiger partial charge on any atom is -0.461 e. The van der Waals surface area contributed by atoms with E-state index in [0.29, 0.717) is 23.7 Å². The summed E-state index contributed by atoms with van der Waals surface area (Å²) in [5.74, 6) is -1.28. The van der Waals surface area contributed by atoms with Crippen LogP contribution in [0.25, 0.3) is 6.08 Å². The quantitative estimate of drug-likeness (QED) is 0.330. The number of nitro benzene ring substituents is 1. The number of esters is 1. The van der Waals surface area contributed by atoms with E-state index >= 15 is 0 Å². The fraction of sp³-hybridized carbons (Fsp3) is 0.312. The number of rotatable bonds is 6. The summed E-state index contributed by atoms with van der Waals surface area (Å²) < 4.78 is 5.06. The van der Waals surface area contributed by atoms with Crippen molar-refractivity contribution in [2.45, 2.75) is 26.4 Å². The van der Waals surface area contributed by atoms with Gasteiger partial charge in [-0.3, -0.25) is 29.4 Å². The molecule has 1 aliphatic rings. The lowest BCUT2D eigenvalue weighted by atomic mass is 10.2. The van der Waals surface area contributed by atoms with Crippen LogP contribution < -0.4 is 0 Å². The second kappa shape index (κ2) is 7.93. The Balaban J connectivity index is 2.13. The molecule has 0 radical (unpaired) electrons. The first kappa shape index (κ1) is 18.7. The van der Waals surface area contributed by atoms with E-state index in [1.165, 1.54) is 24.3 Å². The van der Waals surface area contributed by atoms with E-state index < -0.39 is 28.6 Å². The van der Waals surface area contributed by atoms with Crippen molar-refractivity contribution in [3.63, 3.8) is 0 Å². The lowest BCUT2D eigenvalue weighted by Crippen LogP contribution is -2.35. The molecule has 0 unspecified atom stereocenters. The Morgan fingerprint density at radius 3 is 2.80 bits per heavy atom. The van der Waals surface area contributed by atoms with Crippen molar-refractivity contribution in [3.8, 4) is 0 Å². The van der Waals surface area contributed by atoms with Gasteiger partial charge in [-0.2, -0.15) is 0 Å². The van der Waals surface area contributed by atoms with Crippen molar-refractivity contribution in [3.05, 3.63) is 44.8 Å². The SMILES string of the molecule is CC[C@@H](C)OC(=O)CN1C(=O)S/C(=C/c2cccc([N+](=O)[O-])c2)C1=O. The Labute approximate surface area is 148 Å². The number of nitro groups is 1. The van der Waals surface area contributed by atoms with Crippen molar-refractivity contribution in [1.29, 1.82) is 0 Å². The zero-order chi connectivity index (χ0) is 18.6. The van der Waals surface area contributed by atoms with Gasteiger partial charge in [0, 0.05) is 12.1 Å². The van der Waals surface area contributed by atoms with Crippen LogP contribution in [0.3, 0.4) is 0 Å². The zero-order valence-corrected chi connectivity index (χ0v) is 14.4. The van der Waals surface area contributed by atoms with Crippen molar-refractivity contribution in [1.82, 2.24) is 4.90 Å². The Kier molecular flexibility index (Phi) is 5.92. The summed E-state index contributed by atoms with van der Waals surface area (Å²) >= 11 is 0.678. The van der Waals surface area contributed by atoms with Crippen molar-refractivity contribution in [2.75, 3.05) is 6.54 Å². The van der Waals surface area contributed by atoms with Gasteiger partial charge < -0.3 is 4.74 Å². The van der Waals surface area contributed by atoms with Gasteiger partial charge in [-0.1, -0.05) is 19.1 Å². The molecule has 0 saturated carbocycles. The summed E-state index contributed by atoms with van der Waals surface area (Å²) in [5.41, 5.74) is 0.298. The lowest BCUT2D eigenvalue weighted by Gasteiger charge is -2.14. The monoisotopic (exact) mass is 364 g/mol. The van der Waals surface area contributed by atoms with Gasteiger partial charge in [-0.15, -0.1) is 0 Å². The summed E-state index contributed by atoms with van der Waals surface area (Å²) in [5, 5.41) is 10.2. The highest BCUT2D eigenvalue weighted by Crippen LogP contribution is 2.32. The van der Waals surface area contributed by atoms with Crippen LogP contribution in [0, 0.1) is 10.1 Å². The van der Waals surface area contributed by atoms with Crippen molar-refractivity contribution >= 4 is 40.6 Å². The average molecular weight is 364 g/mol. The molecule has 1 atom stereocenters. The smallest absolute Gasteiger partial charge is 0.326 e. The number of hydrogen-bond donors (Lipinski definition) is 0. The molecule has 2 amide bonds. The number of imide groups is 1. The molecule has 1 aromatic rings. The highest BCUT2D eigenvalue weighted by molar-refractivity contribution is 8.18. The van der Waals surface area contributed by atoms with Gasteiger partial charge in [-0.25, -0.2) is 0 Å². The van der Waals surface area contributed by atoms with Crippen LogP contribution in [0.5, 0.6) is 0 Å². The van der Waals surface area contributed by atoms with Gasteiger partial charge in [0.05, 0.1) is 15.9 Å². The first-order valence-electron chi connectivity index (χ1n) is 7.51. The van der Waals surface area contributed by atoms with Crippen LogP contribution in [0.15, 0.2) is 29.2 Å². The molecule has 9 heteroatoms. The van der Waals surface area contributed by atoms with E-state index in [9.17, 15) is 24.5 Å². The highest BCUT2D eigenvalue weighted by Gasteiger charge is 2.36. The predicted octanol–water partition coefficient (Wildman–Crippen LogP) is 2.97. The molecule has 1 fully saturated rings. The molecule has 0 aliphatic carbocycles. The molecule has 1 heterocycles. The standard InChI is InChI=1S/C16H16N2O6S/c1-3-10(2)24-14(19)9-17-15(20)13(25-16(17)21)8-11-5-4-6-12(7-11)18(22)23/h4-8,10H,3,9H2,1-2H3/b13-8+/t10-/m1/s1. The second-order valence-corrected chi connectivity index (χ2v) is 6.32. The molecular weight excluding hydrogens is 348 g/mol. The molecule has 0 bridgehead atoms. The Bertz CT molecular complexity index is 761. The number of hydrogen-bond acceptors (Lipinski definition) is 7. The average Bonchev–Trinajstić information content (AvgIpc) is 2.82. The number of amides is 2. The Morgan fingerprint density at radius 2 is 2.16 bits per heavy atom.